The van der Waals surface area contributed by atoms with Gasteiger partial charge in [-0.15, -0.1) is 0 Å². The van der Waals surface area contributed by atoms with Gasteiger partial charge in [-0.2, -0.15) is 0 Å². The summed E-state index contributed by atoms with van der Waals surface area (Å²) in [7, 11) is 0. The third kappa shape index (κ3) is 2.60. The number of hydrogen-bond donors (Lipinski definition) is 1. The normalized spacial score (nSPS) is 26.8. The van der Waals surface area contributed by atoms with Gasteiger partial charge in [0.1, 0.15) is 17.0 Å². The van der Waals surface area contributed by atoms with Crippen LogP contribution in [0.1, 0.15) is 12.0 Å². The predicted octanol–water partition coefficient (Wildman–Crippen LogP) is 1.25. The number of nitrogens with one attached hydrogen (secondary N) is 1. The van der Waals surface area contributed by atoms with Crippen LogP contribution in [0, 0.1) is 6.92 Å². The van der Waals surface area contributed by atoms with E-state index >= 15 is 0 Å². The number of nitrogens with zero attached hydrogens (tertiary/aromatic N) is 2. The first-order valence-corrected chi connectivity index (χ1v) is 7.14. The van der Waals surface area contributed by atoms with Gasteiger partial charge in [0.15, 0.2) is 0 Å². The van der Waals surface area contributed by atoms with Crippen LogP contribution in [0.2, 0.25) is 0 Å². The summed E-state index contributed by atoms with van der Waals surface area (Å²) in [6.07, 6.45) is 0.895. The fraction of sp³-hybridized carbons (Fsp3) is 0.538. The summed E-state index contributed by atoms with van der Waals surface area (Å²) in [5, 5.41) is 3.08. The van der Waals surface area contributed by atoms with Crippen LogP contribution in [0.5, 0.6) is 0 Å². The Morgan fingerprint density at radius 3 is 3.11 bits per heavy atom. The second kappa shape index (κ2) is 4.76. The lowest BCUT2D eigenvalue weighted by atomic mass is 9.99. The molecule has 2 aliphatic rings. The van der Waals surface area contributed by atoms with Crippen molar-refractivity contribution in [2.75, 3.05) is 31.2 Å². The Morgan fingerprint density at radius 2 is 2.37 bits per heavy atom. The maximum atomic E-state index is 11.5. The summed E-state index contributed by atoms with van der Waals surface area (Å²) >= 11 is 3.42. The highest BCUT2D eigenvalue weighted by Crippen LogP contribution is 2.28. The number of rotatable bonds is 1. The number of amides is 1. The molecule has 0 saturated carbocycles. The Morgan fingerprint density at radius 1 is 1.53 bits per heavy atom. The van der Waals surface area contributed by atoms with E-state index in [-0.39, 0.29) is 18.1 Å². The molecule has 1 amide bonds. The molecule has 1 atom stereocenters. The molecule has 2 saturated heterocycles. The van der Waals surface area contributed by atoms with E-state index in [1.165, 1.54) is 5.56 Å². The number of carbonyl (C=O) groups excluding carboxylic acids is 1. The van der Waals surface area contributed by atoms with Crippen molar-refractivity contribution in [2.24, 2.45) is 0 Å². The van der Waals surface area contributed by atoms with E-state index in [0.29, 0.717) is 6.61 Å². The molecule has 5 nitrogen and oxygen atoms in total. The van der Waals surface area contributed by atoms with Gasteiger partial charge in [-0.25, -0.2) is 4.98 Å². The van der Waals surface area contributed by atoms with Gasteiger partial charge < -0.3 is 15.0 Å². The molecule has 0 aromatic carbocycles. The fourth-order valence-corrected chi connectivity index (χ4v) is 3.31. The van der Waals surface area contributed by atoms with Gasteiger partial charge in [-0.3, -0.25) is 4.79 Å². The molecule has 2 fully saturated rings. The van der Waals surface area contributed by atoms with Crippen LogP contribution in [0.25, 0.3) is 0 Å². The highest BCUT2D eigenvalue weighted by Gasteiger charge is 2.42. The maximum absolute atomic E-state index is 11.5. The summed E-state index contributed by atoms with van der Waals surface area (Å²) in [5.41, 5.74) is 0.925. The van der Waals surface area contributed by atoms with Gasteiger partial charge in [-0.05, 0) is 47.0 Å². The van der Waals surface area contributed by atoms with Gasteiger partial charge in [0, 0.05) is 13.1 Å². The van der Waals surface area contributed by atoms with Crippen molar-refractivity contribution in [1.82, 2.24) is 10.3 Å². The largest absolute Gasteiger partial charge is 0.369 e. The molecule has 0 aliphatic carbocycles. The molecule has 6 heteroatoms. The number of hydrogen-bond acceptors (Lipinski definition) is 4. The van der Waals surface area contributed by atoms with Crippen LogP contribution in [0.15, 0.2) is 16.7 Å². The Balaban J connectivity index is 1.79. The number of halogens is 1. The van der Waals surface area contributed by atoms with Crippen LogP contribution in [0.4, 0.5) is 5.82 Å². The SMILES string of the molecule is Cc1cc(Br)nc(N2CCC3(COCC(=O)N3)C2)c1. The molecule has 1 spiro atoms. The molecule has 1 unspecified atom stereocenters. The van der Waals surface area contributed by atoms with Crippen LogP contribution in [-0.4, -0.2) is 42.7 Å². The molecule has 1 N–H and O–H groups in total. The number of morpholine rings is 1. The van der Waals surface area contributed by atoms with Crippen LogP contribution >= 0.6 is 15.9 Å². The van der Waals surface area contributed by atoms with Crippen LogP contribution in [-0.2, 0) is 9.53 Å². The molecule has 0 radical (unpaired) electrons. The molecule has 102 valence electrons. The van der Waals surface area contributed by atoms with E-state index < -0.39 is 0 Å². The van der Waals surface area contributed by atoms with Crippen molar-refractivity contribution >= 4 is 27.7 Å². The highest BCUT2D eigenvalue weighted by molar-refractivity contribution is 9.10. The summed E-state index contributed by atoms with van der Waals surface area (Å²) in [6.45, 7) is 4.44. The van der Waals surface area contributed by atoms with Crippen molar-refractivity contribution in [3.63, 3.8) is 0 Å². The second-order valence-electron chi connectivity index (χ2n) is 5.32. The maximum Gasteiger partial charge on any atom is 0.246 e. The van der Waals surface area contributed by atoms with E-state index in [0.717, 1.165) is 29.9 Å². The predicted molar refractivity (Wildman–Crippen MR) is 75.2 cm³/mol. The molecule has 0 bridgehead atoms. The molecule has 3 heterocycles. The van der Waals surface area contributed by atoms with Crippen molar-refractivity contribution < 1.29 is 9.53 Å². The van der Waals surface area contributed by atoms with Gasteiger partial charge >= 0.3 is 0 Å². The van der Waals surface area contributed by atoms with E-state index in [4.69, 9.17) is 4.74 Å². The lowest BCUT2D eigenvalue weighted by Gasteiger charge is -2.34. The Bertz CT molecular complexity index is 502. The third-order valence-corrected chi connectivity index (χ3v) is 4.03. The lowest BCUT2D eigenvalue weighted by molar-refractivity contribution is -0.134. The Labute approximate surface area is 120 Å². The van der Waals surface area contributed by atoms with E-state index in [9.17, 15) is 4.79 Å². The van der Waals surface area contributed by atoms with Crippen molar-refractivity contribution in [2.45, 2.75) is 18.9 Å². The Hall–Kier alpha value is -1.14. The zero-order chi connectivity index (χ0) is 13.5. The van der Waals surface area contributed by atoms with Crippen molar-refractivity contribution in [3.05, 3.63) is 22.3 Å². The lowest BCUT2D eigenvalue weighted by Crippen LogP contribution is -2.58. The number of pyridine rings is 1. The molecule has 3 rings (SSSR count). The minimum Gasteiger partial charge on any atom is -0.369 e. The average molecular weight is 326 g/mol. The Kier molecular flexibility index (Phi) is 3.22. The fourth-order valence-electron chi connectivity index (χ4n) is 2.76. The van der Waals surface area contributed by atoms with E-state index in [2.05, 4.69) is 37.2 Å². The zero-order valence-corrected chi connectivity index (χ0v) is 12.4. The standard InChI is InChI=1S/C13H16BrN3O2/c1-9-4-10(14)15-11(5-9)17-3-2-13(7-17)8-19-6-12(18)16-13/h4-5H,2-3,6-8H2,1H3,(H,16,18). The zero-order valence-electron chi connectivity index (χ0n) is 10.8. The van der Waals surface area contributed by atoms with E-state index in [1.54, 1.807) is 0 Å². The first-order valence-electron chi connectivity index (χ1n) is 6.34. The minimum absolute atomic E-state index is 0.0218. The number of anilines is 1. The second-order valence-corrected chi connectivity index (χ2v) is 6.13. The average Bonchev–Trinajstić information content (AvgIpc) is 2.71. The minimum atomic E-state index is -0.243. The smallest absolute Gasteiger partial charge is 0.246 e. The summed E-state index contributed by atoms with van der Waals surface area (Å²) in [6, 6.07) is 4.05. The van der Waals surface area contributed by atoms with Crippen molar-refractivity contribution in [1.29, 1.82) is 0 Å². The van der Waals surface area contributed by atoms with Gasteiger partial charge in [-0.1, -0.05) is 0 Å². The molecule has 2 aliphatic heterocycles. The number of aromatic nitrogens is 1. The topological polar surface area (TPSA) is 54.5 Å². The molecular weight excluding hydrogens is 310 g/mol. The monoisotopic (exact) mass is 325 g/mol. The quantitative estimate of drug-likeness (QED) is 0.789. The molecular formula is C13H16BrN3O2. The molecule has 1 aromatic heterocycles. The van der Waals surface area contributed by atoms with Crippen LogP contribution in [0.3, 0.4) is 0 Å². The number of ether oxygens (including phenoxy) is 1. The van der Waals surface area contributed by atoms with E-state index in [1.807, 2.05) is 13.0 Å². The summed E-state index contributed by atoms with van der Waals surface area (Å²) in [4.78, 5) is 18.2. The highest BCUT2D eigenvalue weighted by atomic mass is 79.9. The van der Waals surface area contributed by atoms with Crippen molar-refractivity contribution in [3.8, 4) is 0 Å². The summed E-state index contributed by atoms with van der Waals surface area (Å²) < 4.78 is 6.22. The first-order chi connectivity index (χ1) is 9.06. The van der Waals surface area contributed by atoms with Gasteiger partial charge in [0.2, 0.25) is 5.91 Å². The first kappa shape index (κ1) is 12.9. The summed E-state index contributed by atoms with van der Waals surface area (Å²) in [5.74, 6) is 0.926. The third-order valence-electron chi connectivity index (χ3n) is 3.62. The number of carbonyl (C=O) groups is 1. The van der Waals surface area contributed by atoms with Gasteiger partial charge in [0.05, 0.1) is 12.1 Å². The molecule has 1 aromatic rings. The molecule has 19 heavy (non-hydrogen) atoms. The van der Waals surface area contributed by atoms with Gasteiger partial charge in [0.25, 0.3) is 0 Å². The van der Waals surface area contributed by atoms with Crippen LogP contribution < -0.4 is 10.2 Å². The number of aryl methyl sites for hydroxylation is 1.